The lowest BCUT2D eigenvalue weighted by Gasteiger charge is -2.10. The summed E-state index contributed by atoms with van der Waals surface area (Å²) in [6, 6.07) is 13.2. The number of halogens is 1. The van der Waals surface area contributed by atoms with Crippen LogP contribution in [0, 0.1) is 0 Å². The van der Waals surface area contributed by atoms with E-state index in [1.165, 1.54) is 0 Å². The maximum absolute atomic E-state index is 12.1. The molecule has 0 fully saturated rings. The van der Waals surface area contributed by atoms with Crippen molar-refractivity contribution in [2.75, 3.05) is 5.32 Å². The van der Waals surface area contributed by atoms with Crippen molar-refractivity contribution in [3.63, 3.8) is 0 Å². The van der Waals surface area contributed by atoms with Gasteiger partial charge >= 0.3 is 0 Å². The van der Waals surface area contributed by atoms with Crippen LogP contribution in [0.1, 0.15) is 20.7 Å². The molecule has 2 aromatic rings. The third kappa shape index (κ3) is 2.96. The van der Waals surface area contributed by atoms with Gasteiger partial charge in [-0.05, 0) is 24.3 Å². The maximum Gasteiger partial charge on any atom is 0.267 e. The molecule has 2 rings (SSSR count). The lowest BCUT2D eigenvalue weighted by atomic mass is 10.1. The molecule has 5 nitrogen and oxygen atoms in total. The first kappa shape index (κ1) is 14.0. The number of carbonyl (C=O) groups is 2. The Bertz CT molecular complexity index is 658. The number of nitrogens with two attached hydrogens (primary N) is 1. The quantitative estimate of drug-likeness (QED) is 0.460. The van der Waals surface area contributed by atoms with Gasteiger partial charge < -0.3 is 5.32 Å². The highest BCUT2D eigenvalue weighted by Gasteiger charge is 2.14. The minimum absolute atomic E-state index is 0.274. The zero-order chi connectivity index (χ0) is 14.5. The molecule has 0 spiro atoms. The summed E-state index contributed by atoms with van der Waals surface area (Å²) >= 11 is 5.95. The van der Waals surface area contributed by atoms with Crippen LogP contribution in [-0.2, 0) is 0 Å². The Morgan fingerprint density at radius 1 is 0.900 bits per heavy atom. The van der Waals surface area contributed by atoms with Gasteiger partial charge in [-0.2, -0.15) is 0 Å². The highest BCUT2D eigenvalue weighted by Crippen LogP contribution is 2.19. The predicted molar refractivity (Wildman–Crippen MR) is 77.5 cm³/mol. The lowest BCUT2D eigenvalue weighted by Crippen LogP contribution is -2.31. The van der Waals surface area contributed by atoms with E-state index in [2.05, 4.69) is 5.32 Å². The summed E-state index contributed by atoms with van der Waals surface area (Å²) < 4.78 is 0. The Hall–Kier alpha value is -2.37. The second-order valence-corrected chi connectivity index (χ2v) is 4.36. The van der Waals surface area contributed by atoms with Crippen molar-refractivity contribution in [1.82, 2.24) is 5.43 Å². The van der Waals surface area contributed by atoms with Crippen LogP contribution in [0.4, 0.5) is 5.69 Å². The minimum Gasteiger partial charge on any atom is -0.321 e. The number of para-hydroxylation sites is 1. The second-order valence-electron chi connectivity index (χ2n) is 3.95. The number of carbonyl (C=O) groups excluding carboxylic acids is 2. The third-order valence-electron chi connectivity index (χ3n) is 2.67. The van der Waals surface area contributed by atoms with Gasteiger partial charge in [0.25, 0.3) is 11.8 Å². The molecule has 0 bridgehead atoms. The van der Waals surface area contributed by atoms with Crippen molar-refractivity contribution in [3.05, 3.63) is 64.7 Å². The number of rotatable bonds is 3. The summed E-state index contributed by atoms with van der Waals surface area (Å²) in [5, 5.41) is 2.98. The number of hydrazine groups is 1. The van der Waals surface area contributed by atoms with Gasteiger partial charge in [-0.25, -0.2) is 5.84 Å². The lowest BCUT2D eigenvalue weighted by molar-refractivity contribution is 0.0954. The SMILES string of the molecule is NNC(=O)c1ccccc1NC(=O)c1ccccc1Cl. The van der Waals surface area contributed by atoms with E-state index < -0.39 is 11.8 Å². The molecule has 0 aliphatic carbocycles. The van der Waals surface area contributed by atoms with Gasteiger partial charge in [-0.15, -0.1) is 0 Å². The largest absolute Gasteiger partial charge is 0.321 e. The Balaban J connectivity index is 2.29. The minimum atomic E-state index is -0.486. The molecule has 0 radical (unpaired) electrons. The molecule has 0 aromatic heterocycles. The third-order valence-corrected chi connectivity index (χ3v) is 3.00. The topological polar surface area (TPSA) is 84.2 Å². The van der Waals surface area contributed by atoms with Crippen molar-refractivity contribution >= 4 is 29.1 Å². The van der Waals surface area contributed by atoms with E-state index >= 15 is 0 Å². The molecular formula is C14H12ClN3O2. The monoisotopic (exact) mass is 289 g/mol. The zero-order valence-corrected chi connectivity index (χ0v) is 11.1. The first-order chi connectivity index (χ1) is 9.63. The molecule has 2 aromatic carbocycles. The van der Waals surface area contributed by atoms with Crippen molar-refractivity contribution in [1.29, 1.82) is 0 Å². The summed E-state index contributed by atoms with van der Waals surface area (Å²) in [6.45, 7) is 0. The summed E-state index contributed by atoms with van der Waals surface area (Å²) in [5.74, 6) is 4.22. The van der Waals surface area contributed by atoms with Crippen LogP contribution in [0.25, 0.3) is 0 Å². The van der Waals surface area contributed by atoms with Gasteiger partial charge in [-0.1, -0.05) is 35.9 Å². The first-order valence-corrected chi connectivity index (χ1v) is 6.17. The van der Waals surface area contributed by atoms with Crippen LogP contribution in [0.5, 0.6) is 0 Å². The van der Waals surface area contributed by atoms with Crippen LogP contribution in [0.2, 0.25) is 5.02 Å². The van der Waals surface area contributed by atoms with E-state index in [-0.39, 0.29) is 5.56 Å². The summed E-state index contributed by atoms with van der Waals surface area (Å²) in [7, 11) is 0. The molecule has 0 unspecified atom stereocenters. The number of anilines is 1. The van der Waals surface area contributed by atoms with Gasteiger partial charge in [0.05, 0.1) is 21.8 Å². The standard InChI is InChI=1S/C14H12ClN3O2/c15-11-7-3-1-5-9(11)13(19)17-12-8-4-2-6-10(12)14(20)18-16/h1-8H,16H2,(H,17,19)(H,18,20). The molecule has 20 heavy (non-hydrogen) atoms. The second kappa shape index (κ2) is 6.18. The summed E-state index contributed by atoms with van der Waals surface area (Å²) in [6.07, 6.45) is 0. The highest BCUT2D eigenvalue weighted by atomic mass is 35.5. The Kier molecular flexibility index (Phi) is 4.34. The molecule has 2 amide bonds. The van der Waals surface area contributed by atoms with Gasteiger partial charge in [0.15, 0.2) is 0 Å². The molecular weight excluding hydrogens is 278 g/mol. The summed E-state index contributed by atoms with van der Waals surface area (Å²) in [4.78, 5) is 23.7. The van der Waals surface area contributed by atoms with Gasteiger partial charge in [0.2, 0.25) is 0 Å². The van der Waals surface area contributed by atoms with E-state index in [0.29, 0.717) is 16.3 Å². The smallest absolute Gasteiger partial charge is 0.267 e. The average Bonchev–Trinajstić information content (AvgIpc) is 2.47. The molecule has 0 heterocycles. The average molecular weight is 290 g/mol. The fourth-order valence-corrected chi connectivity index (χ4v) is 1.92. The van der Waals surface area contributed by atoms with E-state index in [9.17, 15) is 9.59 Å². The normalized spacial score (nSPS) is 9.90. The number of benzene rings is 2. The van der Waals surface area contributed by atoms with Gasteiger partial charge in [0.1, 0.15) is 0 Å². The molecule has 102 valence electrons. The Labute approximate surface area is 120 Å². The van der Waals surface area contributed by atoms with Gasteiger partial charge in [0, 0.05) is 0 Å². The molecule has 0 atom stereocenters. The fraction of sp³-hybridized carbons (Fsp3) is 0. The van der Waals surface area contributed by atoms with Crippen LogP contribution in [0.15, 0.2) is 48.5 Å². The Morgan fingerprint density at radius 2 is 1.50 bits per heavy atom. The van der Waals surface area contributed by atoms with Crippen molar-refractivity contribution < 1.29 is 9.59 Å². The van der Waals surface area contributed by atoms with Crippen molar-refractivity contribution in [2.45, 2.75) is 0 Å². The van der Waals surface area contributed by atoms with E-state index in [4.69, 9.17) is 17.4 Å². The fourth-order valence-electron chi connectivity index (χ4n) is 1.70. The number of hydrogen-bond acceptors (Lipinski definition) is 3. The van der Waals surface area contributed by atoms with E-state index in [0.717, 1.165) is 0 Å². The Morgan fingerprint density at radius 3 is 2.15 bits per heavy atom. The number of amides is 2. The zero-order valence-electron chi connectivity index (χ0n) is 10.4. The summed E-state index contributed by atoms with van der Waals surface area (Å²) in [5.41, 5.74) is 3.00. The molecule has 0 saturated carbocycles. The first-order valence-electron chi connectivity index (χ1n) is 5.79. The predicted octanol–water partition coefficient (Wildman–Crippen LogP) is 2.20. The molecule has 6 heteroatoms. The molecule has 0 aliphatic rings. The van der Waals surface area contributed by atoms with Crippen LogP contribution in [0.3, 0.4) is 0 Å². The van der Waals surface area contributed by atoms with Crippen LogP contribution >= 0.6 is 11.6 Å². The van der Waals surface area contributed by atoms with Gasteiger partial charge in [-0.3, -0.25) is 15.0 Å². The van der Waals surface area contributed by atoms with Crippen molar-refractivity contribution in [3.8, 4) is 0 Å². The maximum atomic E-state index is 12.1. The molecule has 0 saturated heterocycles. The van der Waals surface area contributed by atoms with Crippen LogP contribution in [-0.4, -0.2) is 11.8 Å². The van der Waals surface area contributed by atoms with Crippen LogP contribution < -0.4 is 16.6 Å². The number of hydrogen-bond donors (Lipinski definition) is 3. The highest BCUT2D eigenvalue weighted by molar-refractivity contribution is 6.34. The van der Waals surface area contributed by atoms with E-state index in [1.54, 1.807) is 48.5 Å². The number of nitrogens with one attached hydrogen (secondary N) is 2. The molecule has 4 N–H and O–H groups in total. The molecule has 0 aliphatic heterocycles. The number of nitrogen functional groups attached to an aromatic ring is 1. The van der Waals surface area contributed by atoms with Crippen molar-refractivity contribution in [2.24, 2.45) is 5.84 Å². The van der Waals surface area contributed by atoms with E-state index in [1.807, 2.05) is 5.43 Å².